The first-order valence-corrected chi connectivity index (χ1v) is 10.9. The number of amides is 1. The fourth-order valence-corrected chi connectivity index (χ4v) is 4.29. The molecule has 32 heavy (non-hydrogen) atoms. The van der Waals surface area contributed by atoms with Crippen LogP contribution < -0.4 is 20.1 Å². The molecule has 170 valence electrons. The number of carbonyl (C=O) groups excluding carboxylic acids is 1. The second-order valence-electron chi connectivity index (χ2n) is 9.25. The molecule has 8 nitrogen and oxygen atoms in total. The van der Waals surface area contributed by atoms with Gasteiger partial charge in [0.1, 0.15) is 16.9 Å². The van der Waals surface area contributed by atoms with Gasteiger partial charge in [-0.05, 0) is 51.8 Å². The van der Waals surface area contributed by atoms with Gasteiger partial charge in [0.2, 0.25) is 11.8 Å². The number of likely N-dealkylation sites (tertiary alicyclic amines) is 1. The van der Waals surface area contributed by atoms with Gasteiger partial charge in [-0.3, -0.25) is 9.79 Å². The van der Waals surface area contributed by atoms with Crippen LogP contribution in [0.1, 0.15) is 44.0 Å². The SMILES string of the molecule is COc1ccc(C(=O)N2CCC[C@]3(C2)Nc2ccccc2NC3=NC(C)(C)C)c(OC)n1. The van der Waals surface area contributed by atoms with Crippen molar-refractivity contribution in [2.75, 3.05) is 37.9 Å². The molecule has 2 aromatic rings. The lowest BCUT2D eigenvalue weighted by Gasteiger charge is -2.47. The molecule has 0 radical (unpaired) electrons. The predicted molar refractivity (Wildman–Crippen MR) is 126 cm³/mol. The number of ether oxygens (including phenoxy) is 2. The smallest absolute Gasteiger partial charge is 0.259 e. The molecule has 1 amide bonds. The minimum Gasteiger partial charge on any atom is -0.481 e. The summed E-state index contributed by atoms with van der Waals surface area (Å²) in [5.41, 5.74) is 1.66. The summed E-state index contributed by atoms with van der Waals surface area (Å²) in [5.74, 6) is 1.41. The van der Waals surface area contributed by atoms with Crippen LogP contribution in [0, 0.1) is 0 Å². The molecule has 2 aliphatic heterocycles. The van der Waals surface area contributed by atoms with Gasteiger partial charge in [0, 0.05) is 12.6 Å². The van der Waals surface area contributed by atoms with Crippen LogP contribution in [0.5, 0.6) is 11.8 Å². The number of anilines is 2. The van der Waals surface area contributed by atoms with Gasteiger partial charge in [-0.25, -0.2) is 0 Å². The van der Waals surface area contributed by atoms with Crippen LogP contribution in [0.15, 0.2) is 41.4 Å². The second-order valence-corrected chi connectivity index (χ2v) is 9.25. The third-order valence-corrected chi connectivity index (χ3v) is 5.70. The van der Waals surface area contributed by atoms with Crippen LogP contribution in [-0.2, 0) is 0 Å². The van der Waals surface area contributed by atoms with E-state index in [0.29, 0.717) is 24.5 Å². The van der Waals surface area contributed by atoms with E-state index in [4.69, 9.17) is 14.5 Å². The van der Waals surface area contributed by atoms with E-state index in [1.54, 1.807) is 12.1 Å². The molecule has 3 heterocycles. The molecule has 1 aromatic carbocycles. The van der Waals surface area contributed by atoms with Gasteiger partial charge in [-0.2, -0.15) is 4.98 Å². The second kappa shape index (κ2) is 8.33. The molecular weight excluding hydrogens is 406 g/mol. The standard InChI is InChI=1S/C24H31N5O3/c1-23(2,3)28-22-24(27-18-10-7-6-9-17(18)25-22)13-8-14-29(15-24)21(30)16-11-12-19(31-4)26-20(16)32-5/h6-7,9-12,27H,8,13-15H2,1-5H3,(H,25,28)/t24-/m1/s1. The summed E-state index contributed by atoms with van der Waals surface area (Å²) < 4.78 is 10.6. The maximum atomic E-state index is 13.5. The van der Waals surface area contributed by atoms with E-state index < -0.39 is 5.54 Å². The summed E-state index contributed by atoms with van der Waals surface area (Å²) >= 11 is 0. The molecular formula is C24H31N5O3. The molecule has 0 unspecified atom stereocenters. The zero-order chi connectivity index (χ0) is 22.9. The lowest BCUT2D eigenvalue weighted by Crippen LogP contribution is -2.63. The van der Waals surface area contributed by atoms with Crippen LogP contribution in [-0.4, -0.2) is 60.0 Å². The van der Waals surface area contributed by atoms with Crippen LogP contribution in [0.3, 0.4) is 0 Å². The van der Waals surface area contributed by atoms with Gasteiger partial charge in [0.05, 0.1) is 37.7 Å². The number of aliphatic imine (C=N–C) groups is 1. The van der Waals surface area contributed by atoms with Crippen molar-refractivity contribution in [2.45, 2.75) is 44.7 Å². The number of carbonyl (C=O) groups is 1. The normalized spacial score (nSPS) is 21.5. The number of nitrogens with one attached hydrogen (secondary N) is 2. The number of hydrogen-bond acceptors (Lipinski definition) is 6. The van der Waals surface area contributed by atoms with Crippen molar-refractivity contribution < 1.29 is 14.3 Å². The van der Waals surface area contributed by atoms with Crippen LogP contribution in [0.2, 0.25) is 0 Å². The van der Waals surface area contributed by atoms with Gasteiger partial charge in [-0.1, -0.05) is 12.1 Å². The van der Waals surface area contributed by atoms with Crippen molar-refractivity contribution in [3.8, 4) is 11.8 Å². The molecule has 2 aliphatic rings. The van der Waals surface area contributed by atoms with E-state index in [2.05, 4.69) is 42.5 Å². The molecule has 0 bridgehead atoms. The van der Waals surface area contributed by atoms with Gasteiger partial charge in [0.15, 0.2) is 0 Å². The molecule has 1 aromatic heterocycles. The topological polar surface area (TPSA) is 88.1 Å². The minimum atomic E-state index is -0.497. The quantitative estimate of drug-likeness (QED) is 0.759. The highest BCUT2D eigenvalue weighted by atomic mass is 16.5. The van der Waals surface area contributed by atoms with Crippen molar-refractivity contribution in [1.82, 2.24) is 9.88 Å². The first-order chi connectivity index (χ1) is 15.2. The van der Waals surface area contributed by atoms with E-state index in [1.807, 2.05) is 23.1 Å². The molecule has 8 heteroatoms. The fourth-order valence-electron chi connectivity index (χ4n) is 4.29. The number of hydrogen-bond donors (Lipinski definition) is 2. The highest BCUT2D eigenvalue weighted by Crippen LogP contribution is 2.37. The van der Waals surface area contributed by atoms with Crippen LogP contribution in [0.25, 0.3) is 0 Å². The number of pyridine rings is 1. The zero-order valence-corrected chi connectivity index (χ0v) is 19.4. The molecule has 2 N–H and O–H groups in total. The summed E-state index contributed by atoms with van der Waals surface area (Å²) in [6.07, 6.45) is 1.71. The number of benzene rings is 1. The fraction of sp³-hybridized carbons (Fsp3) is 0.458. The summed E-state index contributed by atoms with van der Waals surface area (Å²) in [4.78, 5) is 24.7. The Bertz CT molecular complexity index is 1050. The van der Waals surface area contributed by atoms with Crippen molar-refractivity contribution in [2.24, 2.45) is 4.99 Å². The molecule has 4 rings (SSSR count). The predicted octanol–water partition coefficient (Wildman–Crippen LogP) is 3.81. The number of rotatable bonds is 3. The molecule has 1 atom stereocenters. The number of fused-ring (bicyclic) bond motifs is 1. The maximum absolute atomic E-state index is 13.5. The molecule has 1 spiro atoms. The van der Waals surface area contributed by atoms with E-state index in [-0.39, 0.29) is 17.3 Å². The number of amidine groups is 1. The third kappa shape index (κ3) is 4.22. The Labute approximate surface area is 189 Å². The van der Waals surface area contributed by atoms with Gasteiger partial charge >= 0.3 is 0 Å². The Morgan fingerprint density at radius 1 is 1.12 bits per heavy atom. The summed E-state index contributed by atoms with van der Waals surface area (Å²) in [5, 5.41) is 7.26. The highest BCUT2D eigenvalue weighted by molar-refractivity contribution is 6.10. The Hall–Kier alpha value is -3.29. The van der Waals surface area contributed by atoms with E-state index >= 15 is 0 Å². The zero-order valence-electron chi connectivity index (χ0n) is 19.4. The highest BCUT2D eigenvalue weighted by Gasteiger charge is 2.45. The van der Waals surface area contributed by atoms with Gasteiger partial charge in [-0.15, -0.1) is 0 Å². The summed E-state index contributed by atoms with van der Waals surface area (Å²) in [7, 11) is 3.04. The number of methoxy groups -OCH3 is 2. The summed E-state index contributed by atoms with van der Waals surface area (Å²) in [6, 6.07) is 11.5. The van der Waals surface area contributed by atoms with Gasteiger partial charge < -0.3 is 25.0 Å². The number of nitrogens with zero attached hydrogens (tertiary/aromatic N) is 3. The van der Waals surface area contributed by atoms with Crippen molar-refractivity contribution in [3.63, 3.8) is 0 Å². The maximum Gasteiger partial charge on any atom is 0.259 e. The van der Waals surface area contributed by atoms with E-state index in [0.717, 1.165) is 30.1 Å². The first-order valence-electron chi connectivity index (χ1n) is 10.9. The third-order valence-electron chi connectivity index (χ3n) is 5.70. The Morgan fingerprint density at radius 3 is 2.56 bits per heavy atom. The van der Waals surface area contributed by atoms with E-state index in [9.17, 15) is 4.79 Å². The van der Waals surface area contributed by atoms with Crippen molar-refractivity contribution in [3.05, 3.63) is 42.0 Å². The van der Waals surface area contributed by atoms with Crippen LogP contribution >= 0.6 is 0 Å². The monoisotopic (exact) mass is 437 g/mol. The van der Waals surface area contributed by atoms with Crippen LogP contribution in [0.4, 0.5) is 11.4 Å². The lowest BCUT2D eigenvalue weighted by molar-refractivity contribution is 0.0690. The van der Waals surface area contributed by atoms with Gasteiger partial charge in [0.25, 0.3) is 5.91 Å². The molecule has 1 saturated heterocycles. The Morgan fingerprint density at radius 2 is 1.88 bits per heavy atom. The first kappa shape index (κ1) is 21.9. The average molecular weight is 438 g/mol. The minimum absolute atomic E-state index is 0.119. The van der Waals surface area contributed by atoms with Crippen molar-refractivity contribution in [1.29, 1.82) is 0 Å². The Kier molecular flexibility index (Phi) is 5.71. The molecule has 0 saturated carbocycles. The largest absolute Gasteiger partial charge is 0.481 e. The average Bonchev–Trinajstić information content (AvgIpc) is 2.78. The molecule has 1 fully saturated rings. The lowest BCUT2D eigenvalue weighted by atomic mass is 9.84. The number of piperidine rings is 1. The number of aromatic nitrogens is 1. The Balaban J connectivity index is 1.69. The summed E-state index contributed by atoms with van der Waals surface area (Å²) in [6.45, 7) is 7.37. The molecule has 0 aliphatic carbocycles. The van der Waals surface area contributed by atoms with Crippen molar-refractivity contribution >= 4 is 23.1 Å². The van der Waals surface area contributed by atoms with E-state index in [1.165, 1.54) is 14.2 Å². The number of para-hydroxylation sites is 2.